The lowest BCUT2D eigenvalue weighted by atomic mass is 10.0. The molecule has 0 aliphatic heterocycles. The molecule has 4 rings (SSSR count). The smallest absolute Gasteiger partial charge is 0.259 e. The van der Waals surface area contributed by atoms with Crippen molar-refractivity contribution in [1.82, 2.24) is 14.8 Å². The summed E-state index contributed by atoms with van der Waals surface area (Å²) in [4.78, 5) is 4.40. The quantitative estimate of drug-likeness (QED) is 0.392. The van der Waals surface area contributed by atoms with Gasteiger partial charge in [-0.3, -0.25) is 9.27 Å². The van der Waals surface area contributed by atoms with E-state index in [0.29, 0.717) is 22.9 Å². The second kappa shape index (κ2) is 8.66. The number of rotatable bonds is 7. The summed E-state index contributed by atoms with van der Waals surface area (Å²) in [6.45, 7) is -0.102. The topological polar surface area (TPSA) is 100 Å². The molecule has 9 heteroatoms. The standard InChI is InChI=1S/C20H18N4O3S2/c25-12-18-13-28-20(21-18)24-11-16(19(22-24)15-4-2-1-3-5-15)10-14-6-8-17(9-7-14)23-29(26)27/h1-9,11,13,23,25H,10,12H2,(H,26,27). The zero-order chi connectivity index (χ0) is 20.2. The maximum atomic E-state index is 10.9. The third-order valence-corrected chi connectivity index (χ3v) is 5.58. The first-order chi connectivity index (χ1) is 14.1. The number of hydrogen-bond acceptors (Lipinski definition) is 5. The Labute approximate surface area is 174 Å². The summed E-state index contributed by atoms with van der Waals surface area (Å²) in [5.74, 6) is 0. The Morgan fingerprint density at radius 1 is 1.10 bits per heavy atom. The van der Waals surface area contributed by atoms with E-state index < -0.39 is 11.3 Å². The molecule has 0 aliphatic rings. The van der Waals surface area contributed by atoms with E-state index in [1.54, 1.807) is 16.8 Å². The van der Waals surface area contributed by atoms with Gasteiger partial charge in [-0.05, 0) is 17.7 Å². The van der Waals surface area contributed by atoms with E-state index in [1.165, 1.54) is 11.3 Å². The van der Waals surface area contributed by atoms with Crippen molar-refractivity contribution in [2.75, 3.05) is 4.72 Å². The largest absolute Gasteiger partial charge is 0.390 e. The van der Waals surface area contributed by atoms with Crippen molar-refractivity contribution < 1.29 is 13.9 Å². The van der Waals surface area contributed by atoms with Gasteiger partial charge in [0.2, 0.25) is 5.13 Å². The maximum Gasteiger partial charge on any atom is 0.259 e. The zero-order valence-electron chi connectivity index (χ0n) is 15.2. The fraction of sp³-hybridized carbons (Fsp3) is 0.100. The molecule has 2 heterocycles. The van der Waals surface area contributed by atoms with Gasteiger partial charge in [0.15, 0.2) is 0 Å². The number of benzene rings is 2. The molecule has 0 saturated heterocycles. The Morgan fingerprint density at radius 2 is 1.86 bits per heavy atom. The molecule has 7 nitrogen and oxygen atoms in total. The van der Waals surface area contributed by atoms with Crippen LogP contribution in [0.25, 0.3) is 16.4 Å². The summed E-state index contributed by atoms with van der Waals surface area (Å²) in [6, 6.07) is 17.3. The van der Waals surface area contributed by atoms with Crippen LogP contribution in [-0.4, -0.2) is 28.6 Å². The number of aromatic nitrogens is 3. The summed E-state index contributed by atoms with van der Waals surface area (Å²) in [7, 11) is 0. The first-order valence-electron chi connectivity index (χ1n) is 8.78. The SMILES string of the molecule is O=S(O)Nc1ccc(Cc2cn(-c3nc(CO)cs3)nc2-c2ccccc2)cc1. The minimum atomic E-state index is -2.09. The Bertz CT molecular complexity index is 1120. The van der Waals surface area contributed by atoms with Gasteiger partial charge in [-0.2, -0.15) is 5.10 Å². The van der Waals surface area contributed by atoms with Gasteiger partial charge in [0, 0.05) is 34.8 Å². The molecular weight excluding hydrogens is 408 g/mol. The molecule has 0 bridgehead atoms. The number of thiazole rings is 1. The van der Waals surface area contributed by atoms with E-state index in [0.717, 1.165) is 22.4 Å². The molecule has 1 atom stereocenters. The monoisotopic (exact) mass is 426 g/mol. The van der Waals surface area contributed by atoms with E-state index in [9.17, 15) is 9.32 Å². The first kappa shape index (κ1) is 19.5. The third-order valence-electron chi connectivity index (χ3n) is 4.29. The highest BCUT2D eigenvalue weighted by atomic mass is 32.2. The molecule has 0 fully saturated rings. The molecule has 3 N–H and O–H groups in total. The highest BCUT2D eigenvalue weighted by molar-refractivity contribution is 7.80. The predicted molar refractivity (Wildman–Crippen MR) is 114 cm³/mol. The van der Waals surface area contributed by atoms with E-state index in [-0.39, 0.29) is 6.61 Å². The molecule has 4 aromatic rings. The normalized spacial score (nSPS) is 12.1. The molecule has 0 saturated carbocycles. The number of hydrogen-bond donors (Lipinski definition) is 3. The molecule has 1 unspecified atom stereocenters. The molecule has 0 radical (unpaired) electrons. The van der Waals surface area contributed by atoms with Crippen molar-refractivity contribution in [2.45, 2.75) is 13.0 Å². The van der Waals surface area contributed by atoms with E-state index >= 15 is 0 Å². The van der Waals surface area contributed by atoms with Crippen molar-refractivity contribution in [2.24, 2.45) is 0 Å². The summed E-state index contributed by atoms with van der Waals surface area (Å²) in [5, 5.41) is 16.5. The number of nitrogens with zero attached hydrogens (tertiary/aromatic N) is 3. The second-order valence-electron chi connectivity index (χ2n) is 6.32. The first-order valence-corrected chi connectivity index (χ1v) is 10.8. The van der Waals surface area contributed by atoms with Crippen LogP contribution in [0.4, 0.5) is 5.69 Å². The number of aliphatic hydroxyl groups is 1. The highest BCUT2D eigenvalue weighted by Crippen LogP contribution is 2.27. The van der Waals surface area contributed by atoms with Crippen molar-refractivity contribution >= 4 is 28.3 Å². The lowest BCUT2D eigenvalue weighted by Crippen LogP contribution is -2.01. The van der Waals surface area contributed by atoms with Crippen molar-refractivity contribution in [3.63, 3.8) is 0 Å². The molecule has 148 valence electrons. The van der Waals surface area contributed by atoms with Crippen LogP contribution in [0.3, 0.4) is 0 Å². The van der Waals surface area contributed by atoms with E-state index in [2.05, 4.69) is 9.71 Å². The van der Waals surface area contributed by atoms with Crippen LogP contribution in [0.2, 0.25) is 0 Å². The minimum absolute atomic E-state index is 0.102. The predicted octanol–water partition coefficient (Wildman–Crippen LogP) is 3.63. The zero-order valence-corrected chi connectivity index (χ0v) is 16.9. The van der Waals surface area contributed by atoms with E-state index in [1.807, 2.05) is 54.0 Å². The Balaban J connectivity index is 1.68. The average molecular weight is 427 g/mol. The van der Waals surface area contributed by atoms with Gasteiger partial charge < -0.3 is 5.11 Å². The van der Waals surface area contributed by atoms with Crippen LogP contribution >= 0.6 is 11.3 Å². The Hall–Kier alpha value is -2.85. The molecule has 2 aromatic heterocycles. The summed E-state index contributed by atoms with van der Waals surface area (Å²) in [6.07, 6.45) is 2.60. The molecule has 0 aliphatic carbocycles. The van der Waals surface area contributed by atoms with Crippen molar-refractivity contribution in [3.8, 4) is 16.4 Å². The van der Waals surface area contributed by atoms with Crippen LogP contribution in [0.1, 0.15) is 16.8 Å². The van der Waals surface area contributed by atoms with Gasteiger partial charge in [-0.15, -0.1) is 11.3 Å². The number of aliphatic hydroxyl groups excluding tert-OH is 1. The Morgan fingerprint density at radius 3 is 2.52 bits per heavy atom. The van der Waals surface area contributed by atoms with Gasteiger partial charge in [-0.1, -0.05) is 42.5 Å². The van der Waals surface area contributed by atoms with Crippen LogP contribution < -0.4 is 4.72 Å². The van der Waals surface area contributed by atoms with Crippen LogP contribution in [0.15, 0.2) is 66.2 Å². The van der Waals surface area contributed by atoms with Gasteiger partial charge in [0.25, 0.3) is 11.3 Å². The molecular formula is C20H18N4O3S2. The van der Waals surface area contributed by atoms with Crippen LogP contribution in [0.5, 0.6) is 0 Å². The van der Waals surface area contributed by atoms with Crippen molar-refractivity contribution in [1.29, 1.82) is 0 Å². The third kappa shape index (κ3) is 4.60. The Kier molecular flexibility index (Phi) is 5.81. The van der Waals surface area contributed by atoms with E-state index in [4.69, 9.17) is 9.65 Å². The summed E-state index contributed by atoms with van der Waals surface area (Å²) < 4.78 is 24.0. The average Bonchev–Trinajstić information content (AvgIpc) is 3.37. The molecule has 29 heavy (non-hydrogen) atoms. The molecule has 2 aromatic carbocycles. The lowest BCUT2D eigenvalue weighted by Gasteiger charge is -2.05. The molecule has 0 spiro atoms. The number of anilines is 1. The fourth-order valence-corrected chi connectivity index (χ4v) is 4.04. The van der Waals surface area contributed by atoms with Gasteiger partial charge in [0.05, 0.1) is 18.0 Å². The second-order valence-corrected chi connectivity index (χ2v) is 7.86. The maximum absolute atomic E-state index is 10.9. The molecule has 0 amide bonds. The summed E-state index contributed by atoms with van der Waals surface area (Å²) in [5.41, 5.74) is 5.15. The highest BCUT2D eigenvalue weighted by Gasteiger charge is 2.14. The van der Waals surface area contributed by atoms with Crippen LogP contribution in [-0.2, 0) is 24.3 Å². The number of nitrogens with one attached hydrogen (secondary N) is 1. The summed E-state index contributed by atoms with van der Waals surface area (Å²) >= 11 is -0.666. The van der Waals surface area contributed by atoms with Crippen LogP contribution in [0, 0.1) is 0 Å². The lowest BCUT2D eigenvalue weighted by molar-refractivity contribution is 0.277. The van der Waals surface area contributed by atoms with Crippen molar-refractivity contribution in [3.05, 3.63) is 83.0 Å². The van der Waals surface area contributed by atoms with Gasteiger partial charge >= 0.3 is 0 Å². The van der Waals surface area contributed by atoms with Gasteiger partial charge in [0.1, 0.15) is 0 Å². The van der Waals surface area contributed by atoms with Gasteiger partial charge in [-0.25, -0.2) is 13.9 Å². The minimum Gasteiger partial charge on any atom is -0.390 e. The fourth-order valence-electron chi connectivity index (χ4n) is 2.96.